The molecular weight excluding hydrogens is 316 g/mol. The van der Waals surface area contributed by atoms with Crippen molar-refractivity contribution in [2.75, 3.05) is 13.2 Å². The van der Waals surface area contributed by atoms with Crippen LogP contribution in [0.4, 0.5) is 0 Å². The minimum atomic E-state index is -0.509. The van der Waals surface area contributed by atoms with Crippen molar-refractivity contribution >= 4 is 11.6 Å². The van der Waals surface area contributed by atoms with Crippen LogP contribution in [0.1, 0.15) is 37.4 Å². The molecule has 0 aromatic heterocycles. The molecule has 5 unspecified atom stereocenters. The van der Waals surface area contributed by atoms with Gasteiger partial charge < -0.3 is 19.7 Å². The summed E-state index contributed by atoms with van der Waals surface area (Å²) >= 11 is 5.88. The molecule has 1 aliphatic heterocycles. The first-order valence-electron chi connectivity index (χ1n) is 8.48. The molecule has 126 valence electrons. The molecule has 0 radical (unpaired) electrons. The zero-order valence-corrected chi connectivity index (χ0v) is 13.8. The molecule has 0 bridgehead atoms. The maximum Gasteiger partial charge on any atom is 0.172 e. The van der Waals surface area contributed by atoms with Gasteiger partial charge in [0.25, 0.3) is 0 Å². The maximum atomic E-state index is 10.5. The molecule has 4 nitrogen and oxygen atoms in total. The van der Waals surface area contributed by atoms with Crippen molar-refractivity contribution in [1.82, 2.24) is 0 Å². The van der Waals surface area contributed by atoms with Crippen LogP contribution < -0.4 is 0 Å². The predicted octanol–water partition coefficient (Wildman–Crippen LogP) is 2.91. The topological polar surface area (TPSA) is 58.9 Å². The van der Waals surface area contributed by atoms with Gasteiger partial charge in [0.05, 0.1) is 25.4 Å². The zero-order chi connectivity index (χ0) is 16.0. The highest BCUT2D eigenvalue weighted by molar-refractivity contribution is 6.30. The highest BCUT2D eigenvalue weighted by Crippen LogP contribution is 2.59. The predicted molar refractivity (Wildman–Crippen MR) is 86.0 cm³/mol. The van der Waals surface area contributed by atoms with Crippen LogP contribution >= 0.6 is 11.6 Å². The monoisotopic (exact) mass is 338 g/mol. The Balaban J connectivity index is 1.34. The van der Waals surface area contributed by atoms with E-state index in [1.54, 1.807) is 12.1 Å². The summed E-state index contributed by atoms with van der Waals surface area (Å²) < 4.78 is 11.6. The number of halogens is 1. The van der Waals surface area contributed by atoms with Gasteiger partial charge in [-0.15, -0.1) is 0 Å². The third-order valence-corrected chi connectivity index (χ3v) is 6.17. The Morgan fingerprint density at radius 2 is 1.91 bits per heavy atom. The van der Waals surface area contributed by atoms with E-state index < -0.39 is 11.9 Å². The van der Waals surface area contributed by atoms with E-state index in [0.717, 1.165) is 24.8 Å². The van der Waals surface area contributed by atoms with Gasteiger partial charge in [-0.1, -0.05) is 23.7 Å². The van der Waals surface area contributed by atoms with Crippen LogP contribution in [-0.4, -0.2) is 35.3 Å². The zero-order valence-electron chi connectivity index (χ0n) is 13.0. The van der Waals surface area contributed by atoms with Crippen LogP contribution in [0.15, 0.2) is 24.3 Å². The Bertz CT molecular complexity index is 555. The van der Waals surface area contributed by atoms with E-state index in [9.17, 15) is 10.2 Å². The standard InChI is InChI=1S/C18H23ClO4/c19-13-4-1-11(2-5-13)16(20)6-3-12-9-15-14(17(12)21)10-18(15)22-7-8-23-18/h1-2,4-5,12,14-17,20-21H,3,6-10H2. The molecule has 1 aromatic carbocycles. The first-order chi connectivity index (χ1) is 11.1. The molecular formula is C18H23ClO4. The maximum absolute atomic E-state index is 10.5. The van der Waals surface area contributed by atoms with E-state index in [2.05, 4.69) is 0 Å². The highest BCUT2D eigenvalue weighted by Gasteiger charge is 2.64. The SMILES string of the molecule is OC(CCC1CC2C(CC23OCCO3)C1O)c1ccc(Cl)cc1. The summed E-state index contributed by atoms with van der Waals surface area (Å²) in [5, 5.41) is 21.5. The lowest BCUT2D eigenvalue weighted by Crippen LogP contribution is -2.54. The van der Waals surface area contributed by atoms with Crippen LogP contribution in [0.5, 0.6) is 0 Å². The fourth-order valence-electron chi connectivity index (χ4n) is 4.63. The van der Waals surface area contributed by atoms with Crippen molar-refractivity contribution in [2.24, 2.45) is 17.8 Å². The van der Waals surface area contributed by atoms with Gasteiger partial charge >= 0.3 is 0 Å². The van der Waals surface area contributed by atoms with Gasteiger partial charge in [-0.05, 0) is 48.8 Å². The number of fused-ring (bicyclic) bond motifs is 2. The number of benzene rings is 1. The second-order valence-electron chi connectivity index (χ2n) is 7.11. The first kappa shape index (κ1) is 15.9. The van der Waals surface area contributed by atoms with E-state index in [1.165, 1.54) is 0 Å². The van der Waals surface area contributed by atoms with E-state index in [1.807, 2.05) is 12.1 Å². The van der Waals surface area contributed by atoms with Gasteiger partial charge in [-0.25, -0.2) is 0 Å². The molecule has 1 aromatic rings. The summed E-state index contributed by atoms with van der Waals surface area (Å²) in [5.41, 5.74) is 0.879. The van der Waals surface area contributed by atoms with E-state index in [-0.39, 0.29) is 12.0 Å². The van der Waals surface area contributed by atoms with Crippen molar-refractivity contribution in [1.29, 1.82) is 0 Å². The van der Waals surface area contributed by atoms with Gasteiger partial charge in [0.1, 0.15) is 0 Å². The Kier molecular flexibility index (Phi) is 4.14. The number of aliphatic hydroxyl groups is 2. The molecule has 2 saturated carbocycles. The molecule has 5 atom stereocenters. The van der Waals surface area contributed by atoms with Crippen LogP contribution in [0.25, 0.3) is 0 Å². The Hall–Kier alpha value is -0.650. The molecule has 2 N–H and O–H groups in total. The van der Waals surface area contributed by atoms with E-state index in [4.69, 9.17) is 21.1 Å². The summed E-state index contributed by atoms with van der Waals surface area (Å²) in [7, 11) is 0. The first-order valence-corrected chi connectivity index (χ1v) is 8.86. The van der Waals surface area contributed by atoms with Gasteiger partial charge in [-0.2, -0.15) is 0 Å². The lowest BCUT2D eigenvalue weighted by molar-refractivity contribution is -0.275. The fourth-order valence-corrected chi connectivity index (χ4v) is 4.76. The van der Waals surface area contributed by atoms with Gasteiger partial charge in [0.15, 0.2) is 5.79 Å². The lowest BCUT2D eigenvalue weighted by Gasteiger charge is -2.48. The smallest absolute Gasteiger partial charge is 0.172 e. The molecule has 0 amide bonds. The molecule has 1 heterocycles. The number of hydrogen-bond acceptors (Lipinski definition) is 4. The molecule has 1 saturated heterocycles. The Morgan fingerprint density at radius 3 is 2.61 bits per heavy atom. The Morgan fingerprint density at radius 1 is 1.22 bits per heavy atom. The van der Waals surface area contributed by atoms with Crippen LogP contribution in [0.2, 0.25) is 5.02 Å². The molecule has 3 fully saturated rings. The second-order valence-corrected chi connectivity index (χ2v) is 7.55. The molecule has 3 aliphatic rings. The largest absolute Gasteiger partial charge is 0.393 e. The second kappa shape index (κ2) is 6.01. The molecule has 23 heavy (non-hydrogen) atoms. The molecule has 4 rings (SSSR count). The van der Waals surface area contributed by atoms with Gasteiger partial charge in [-0.3, -0.25) is 0 Å². The van der Waals surface area contributed by atoms with Crippen molar-refractivity contribution in [3.05, 3.63) is 34.9 Å². The van der Waals surface area contributed by atoms with Crippen LogP contribution in [-0.2, 0) is 9.47 Å². The summed E-state index contributed by atoms with van der Waals surface area (Å²) in [5.74, 6) is 0.428. The summed E-state index contributed by atoms with van der Waals surface area (Å²) in [6.45, 7) is 1.33. The number of hydrogen-bond donors (Lipinski definition) is 2. The average molecular weight is 339 g/mol. The number of aliphatic hydroxyl groups excluding tert-OH is 2. The minimum absolute atomic E-state index is 0.221. The Labute approximate surface area is 141 Å². The molecule has 1 spiro atoms. The van der Waals surface area contributed by atoms with Crippen molar-refractivity contribution in [3.63, 3.8) is 0 Å². The van der Waals surface area contributed by atoms with Crippen molar-refractivity contribution in [3.8, 4) is 0 Å². The molecule has 2 aliphatic carbocycles. The average Bonchev–Trinajstić information content (AvgIpc) is 3.12. The van der Waals surface area contributed by atoms with Gasteiger partial charge in [0, 0.05) is 17.4 Å². The normalized spacial score (nSPS) is 36.0. The summed E-state index contributed by atoms with van der Waals surface area (Å²) in [4.78, 5) is 0. The summed E-state index contributed by atoms with van der Waals surface area (Å²) in [6.07, 6.45) is 2.40. The highest BCUT2D eigenvalue weighted by atomic mass is 35.5. The fraction of sp³-hybridized carbons (Fsp3) is 0.667. The lowest BCUT2D eigenvalue weighted by atomic mass is 9.69. The van der Waals surface area contributed by atoms with E-state index in [0.29, 0.717) is 36.5 Å². The molecule has 5 heteroatoms. The van der Waals surface area contributed by atoms with Crippen molar-refractivity contribution in [2.45, 2.75) is 43.7 Å². The van der Waals surface area contributed by atoms with E-state index >= 15 is 0 Å². The number of ether oxygens (including phenoxy) is 2. The third kappa shape index (κ3) is 2.71. The van der Waals surface area contributed by atoms with Crippen LogP contribution in [0, 0.1) is 17.8 Å². The quantitative estimate of drug-likeness (QED) is 0.886. The number of rotatable bonds is 4. The minimum Gasteiger partial charge on any atom is -0.393 e. The third-order valence-electron chi connectivity index (χ3n) is 5.92. The van der Waals surface area contributed by atoms with Crippen molar-refractivity contribution < 1.29 is 19.7 Å². The van der Waals surface area contributed by atoms with Gasteiger partial charge in [0.2, 0.25) is 0 Å². The van der Waals surface area contributed by atoms with Crippen LogP contribution in [0.3, 0.4) is 0 Å². The summed E-state index contributed by atoms with van der Waals surface area (Å²) in [6, 6.07) is 7.31.